The number of phenolic OH excluding ortho intramolecular Hbond substituents is 1. The maximum absolute atomic E-state index is 13.6. The molecule has 1 aliphatic heterocycles. The summed E-state index contributed by atoms with van der Waals surface area (Å²) in [6.07, 6.45) is 2.04. The highest BCUT2D eigenvalue weighted by Crippen LogP contribution is 2.41. The Balaban J connectivity index is 0.00000481. The van der Waals surface area contributed by atoms with E-state index in [1.807, 2.05) is 36.1 Å². The molecule has 5 nitrogen and oxygen atoms in total. The molecule has 2 aromatic rings. The van der Waals surface area contributed by atoms with Crippen LogP contribution in [0.3, 0.4) is 0 Å². The summed E-state index contributed by atoms with van der Waals surface area (Å²) in [5.41, 5.74) is 2.67. The van der Waals surface area contributed by atoms with Crippen molar-refractivity contribution in [3.8, 4) is 11.5 Å². The van der Waals surface area contributed by atoms with Gasteiger partial charge in [0.25, 0.3) is 0 Å². The second kappa shape index (κ2) is 12.0. The van der Waals surface area contributed by atoms with Crippen molar-refractivity contribution < 1.29 is 14.6 Å². The molecule has 0 radical (unpaired) electrons. The molecule has 0 spiro atoms. The van der Waals surface area contributed by atoms with E-state index in [2.05, 4.69) is 60.6 Å². The van der Waals surface area contributed by atoms with Crippen LogP contribution in [0.5, 0.6) is 11.5 Å². The van der Waals surface area contributed by atoms with Gasteiger partial charge in [-0.25, -0.2) is 0 Å². The van der Waals surface area contributed by atoms with Crippen molar-refractivity contribution in [2.24, 2.45) is 5.92 Å². The highest BCUT2D eigenvalue weighted by molar-refractivity contribution is 8.93. The second-order valence-corrected chi connectivity index (χ2v) is 12.1. The van der Waals surface area contributed by atoms with E-state index in [1.54, 1.807) is 0 Å². The predicted molar refractivity (Wildman–Crippen MR) is 158 cm³/mol. The van der Waals surface area contributed by atoms with Crippen molar-refractivity contribution in [3.63, 3.8) is 0 Å². The number of ether oxygens (including phenoxy) is 1. The first-order valence-corrected chi connectivity index (χ1v) is 13.2. The average Bonchev–Trinajstić information content (AvgIpc) is 3.08. The van der Waals surface area contributed by atoms with Crippen molar-refractivity contribution in [1.29, 1.82) is 5.41 Å². The minimum atomic E-state index is -0.300. The highest BCUT2D eigenvalue weighted by Gasteiger charge is 2.39. The van der Waals surface area contributed by atoms with Gasteiger partial charge in [-0.05, 0) is 59.9 Å². The maximum atomic E-state index is 13.6. The summed E-state index contributed by atoms with van der Waals surface area (Å²) >= 11 is 0. The van der Waals surface area contributed by atoms with Gasteiger partial charge in [-0.15, -0.1) is 17.0 Å². The number of likely N-dealkylation sites (tertiary alicyclic amines) is 1. The van der Waals surface area contributed by atoms with E-state index < -0.39 is 0 Å². The Bertz CT molecular complexity index is 1060. The van der Waals surface area contributed by atoms with Gasteiger partial charge in [-0.3, -0.25) is 10.2 Å². The molecule has 1 heterocycles. The fourth-order valence-electron chi connectivity index (χ4n) is 5.26. The first kappa shape index (κ1) is 30.9. The number of nitrogens with one attached hydrogen (secondary N) is 1. The van der Waals surface area contributed by atoms with E-state index in [4.69, 9.17) is 10.1 Å². The number of halogens is 1. The quantitative estimate of drug-likeness (QED) is 0.319. The SMILES string of the molecule is Br.CCCC1CN(CC(=O)c2cc(C(C)(C)C)c(O)c(C(C)(C)C)c2)C(=N)C1c1ccc(OCC)cc1. The second-order valence-electron chi connectivity index (χ2n) is 12.1. The Morgan fingerprint density at radius 3 is 2.03 bits per heavy atom. The summed E-state index contributed by atoms with van der Waals surface area (Å²) in [5, 5.41) is 20.1. The Hall–Kier alpha value is -2.34. The van der Waals surface area contributed by atoms with Crippen molar-refractivity contribution in [3.05, 3.63) is 58.7 Å². The zero-order valence-electron chi connectivity index (χ0n) is 23.8. The van der Waals surface area contributed by atoms with Crippen LogP contribution in [0.1, 0.15) is 101 Å². The molecular weight excluding hydrogens is 528 g/mol. The van der Waals surface area contributed by atoms with Crippen LogP contribution in [0.15, 0.2) is 36.4 Å². The molecule has 2 unspecified atom stereocenters. The Kier molecular flexibility index (Phi) is 10.0. The van der Waals surface area contributed by atoms with Gasteiger partial charge in [0, 0.05) is 29.2 Å². The van der Waals surface area contributed by atoms with Crippen LogP contribution in [-0.4, -0.2) is 41.3 Å². The number of phenols is 1. The largest absolute Gasteiger partial charge is 0.507 e. The van der Waals surface area contributed by atoms with Crippen molar-refractivity contribution >= 4 is 28.6 Å². The lowest BCUT2D eigenvalue weighted by Crippen LogP contribution is -2.32. The van der Waals surface area contributed by atoms with E-state index in [1.165, 1.54) is 0 Å². The van der Waals surface area contributed by atoms with E-state index in [0.29, 0.717) is 30.5 Å². The summed E-state index contributed by atoms with van der Waals surface area (Å²) in [4.78, 5) is 15.6. The third-order valence-corrected chi connectivity index (χ3v) is 7.15. The average molecular weight is 574 g/mol. The molecular formula is C31H45BrN2O3. The number of ketones is 1. The number of rotatable bonds is 8. The molecule has 0 amide bonds. The standard InChI is InChI=1S/C31H44N2O3.BrH/c1-9-11-21-18-33(29(32)27(21)20-12-14-23(15-13-20)36-10-2)19-26(34)22-16-24(30(3,4)5)28(35)25(17-22)31(6,7)8;/h12-17,21,27,32,35H,9-11,18-19H2,1-8H3;1H. The third-order valence-electron chi connectivity index (χ3n) is 7.15. The molecule has 6 heteroatoms. The van der Waals surface area contributed by atoms with Gasteiger partial charge >= 0.3 is 0 Å². The number of benzene rings is 2. The van der Waals surface area contributed by atoms with Crippen molar-refractivity contribution in [2.45, 2.75) is 85.0 Å². The van der Waals surface area contributed by atoms with Crippen molar-refractivity contribution in [2.75, 3.05) is 19.7 Å². The molecule has 0 saturated carbocycles. The van der Waals surface area contributed by atoms with Crippen LogP contribution in [0.4, 0.5) is 0 Å². The summed E-state index contributed by atoms with van der Waals surface area (Å²) in [7, 11) is 0. The Morgan fingerprint density at radius 1 is 1.03 bits per heavy atom. The fraction of sp³-hybridized carbons (Fsp3) is 0.548. The molecule has 204 valence electrons. The summed E-state index contributed by atoms with van der Waals surface area (Å²) < 4.78 is 5.60. The molecule has 37 heavy (non-hydrogen) atoms. The lowest BCUT2D eigenvalue weighted by molar-refractivity contribution is 0.0963. The summed E-state index contributed by atoms with van der Waals surface area (Å²) in [6, 6.07) is 11.8. The van der Waals surface area contributed by atoms with E-state index in [-0.39, 0.29) is 51.8 Å². The smallest absolute Gasteiger partial charge is 0.182 e. The van der Waals surface area contributed by atoms with Gasteiger partial charge in [0.15, 0.2) is 5.78 Å². The van der Waals surface area contributed by atoms with Crippen molar-refractivity contribution in [1.82, 2.24) is 4.90 Å². The monoisotopic (exact) mass is 572 g/mol. The fourth-order valence-corrected chi connectivity index (χ4v) is 5.26. The molecule has 2 atom stereocenters. The number of nitrogens with zero attached hydrogens (tertiary/aromatic N) is 1. The molecule has 0 bridgehead atoms. The van der Waals surface area contributed by atoms with Gasteiger partial charge in [0.05, 0.1) is 13.2 Å². The number of carbonyl (C=O) groups excluding carboxylic acids is 1. The predicted octanol–water partition coefficient (Wildman–Crippen LogP) is 7.64. The normalized spacial score (nSPS) is 18.1. The number of aromatic hydroxyl groups is 1. The lowest BCUT2D eigenvalue weighted by atomic mass is 9.78. The molecule has 1 aliphatic rings. The molecule has 2 aromatic carbocycles. The third kappa shape index (κ3) is 6.95. The van der Waals surface area contributed by atoms with Crippen LogP contribution in [0, 0.1) is 11.3 Å². The van der Waals surface area contributed by atoms with Gasteiger partial charge in [-0.1, -0.05) is 67.0 Å². The Morgan fingerprint density at radius 2 is 1.57 bits per heavy atom. The van der Waals surface area contributed by atoms with Gasteiger partial charge in [0.1, 0.15) is 17.3 Å². The van der Waals surface area contributed by atoms with Crippen LogP contribution in [0.25, 0.3) is 0 Å². The topological polar surface area (TPSA) is 73.6 Å². The van der Waals surface area contributed by atoms with E-state index in [9.17, 15) is 9.90 Å². The lowest BCUT2D eigenvalue weighted by Gasteiger charge is -2.28. The summed E-state index contributed by atoms with van der Waals surface area (Å²) in [5.74, 6) is 1.88. The first-order chi connectivity index (χ1) is 16.8. The summed E-state index contributed by atoms with van der Waals surface area (Å²) in [6.45, 7) is 17.9. The van der Waals surface area contributed by atoms with E-state index >= 15 is 0 Å². The van der Waals surface area contributed by atoms with Crippen LogP contribution >= 0.6 is 17.0 Å². The van der Waals surface area contributed by atoms with Gasteiger partial charge in [0.2, 0.25) is 0 Å². The molecule has 1 saturated heterocycles. The minimum absolute atomic E-state index is 0. The van der Waals surface area contributed by atoms with Crippen LogP contribution in [0.2, 0.25) is 0 Å². The minimum Gasteiger partial charge on any atom is -0.507 e. The molecule has 3 rings (SSSR count). The Labute approximate surface area is 233 Å². The first-order valence-electron chi connectivity index (χ1n) is 13.2. The van der Waals surface area contributed by atoms with Crippen LogP contribution < -0.4 is 4.74 Å². The number of Topliss-reactive ketones (excluding diaryl/α,β-unsaturated/α-hetero) is 1. The number of hydrogen-bond acceptors (Lipinski definition) is 4. The zero-order chi connectivity index (χ0) is 26.8. The molecule has 0 aromatic heterocycles. The number of hydrogen-bond donors (Lipinski definition) is 2. The van der Waals surface area contributed by atoms with Crippen LogP contribution in [-0.2, 0) is 10.8 Å². The number of carbonyl (C=O) groups is 1. The van der Waals surface area contributed by atoms with Gasteiger partial charge < -0.3 is 14.7 Å². The zero-order valence-corrected chi connectivity index (χ0v) is 25.5. The number of amidine groups is 1. The molecule has 2 N–H and O–H groups in total. The molecule has 1 fully saturated rings. The highest BCUT2D eigenvalue weighted by atomic mass is 79.9. The van der Waals surface area contributed by atoms with E-state index in [0.717, 1.165) is 35.3 Å². The molecule has 0 aliphatic carbocycles. The maximum Gasteiger partial charge on any atom is 0.182 e. The van der Waals surface area contributed by atoms with Gasteiger partial charge in [-0.2, -0.15) is 0 Å².